The van der Waals surface area contributed by atoms with Crippen LogP contribution in [0.1, 0.15) is 118 Å². The maximum Gasteiger partial charge on any atom is 0.307 e. The van der Waals surface area contributed by atoms with Crippen LogP contribution in [0.15, 0.2) is 36.4 Å². The first-order valence-electron chi connectivity index (χ1n) is 12.7. The summed E-state index contributed by atoms with van der Waals surface area (Å²) in [6.07, 6.45) is 7.90. The fourth-order valence-corrected chi connectivity index (χ4v) is 5.17. The zero-order valence-corrected chi connectivity index (χ0v) is 20.5. The highest BCUT2D eigenvalue weighted by atomic mass is 16.4. The average molecular weight is 460 g/mol. The number of carboxylic acids is 1. The first-order valence-corrected chi connectivity index (χ1v) is 12.7. The van der Waals surface area contributed by atoms with E-state index in [4.69, 9.17) is 5.11 Å². The van der Waals surface area contributed by atoms with Gasteiger partial charge in [0, 0.05) is 23.2 Å². The van der Waals surface area contributed by atoms with Gasteiger partial charge in [-0.3, -0.25) is 9.69 Å². The molecule has 3 aliphatic rings. The van der Waals surface area contributed by atoms with Gasteiger partial charge in [-0.25, -0.2) is 0 Å². The monoisotopic (exact) mass is 459 g/mol. The number of benzene rings is 2. The summed E-state index contributed by atoms with van der Waals surface area (Å²) in [5.41, 5.74) is 7.56. The Balaban J connectivity index is 0.00000105. The van der Waals surface area contributed by atoms with Crippen molar-refractivity contribution in [2.24, 2.45) is 0 Å². The molecule has 2 fully saturated rings. The molecule has 0 spiro atoms. The molecule has 0 aliphatic heterocycles. The lowest BCUT2D eigenvalue weighted by atomic mass is 9.76. The summed E-state index contributed by atoms with van der Waals surface area (Å²) >= 11 is 0. The van der Waals surface area contributed by atoms with Crippen molar-refractivity contribution < 1.29 is 9.90 Å². The minimum atomic E-state index is -0.805. The first kappa shape index (κ1) is 26.0. The second-order valence-electron chi connectivity index (χ2n) is 9.75. The van der Waals surface area contributed by atoms with E-state index >= 15 is 0 Å². The van der Waals surface area contributed by atoms with Crippen LogP contribution in [0.2, 0.25) is 0 Å². The van der Waals surface area contributed by atoms with Gasteiger partial charge in [0.1, 0.15) is 0 Å². The molecule has 3 aliphatic carbocycles. The first-order chi connectivity index (χ1) is 16.0. The standard InChI is InChI=1S/C28H31NO2.C2H6.CH4/c1-18-3-14-26(29(2)23-12-13-23)28-24(18)15-21(16-25(28)22-10-11-22)9-6-19-4-7-20(8-5-19)17-27(30)31;1-2;/h4-5,7-8,15-16,18,22-23,26H,3,10-14,17H2,1-2H3,(H,30,31);1-2H3;1H4. The van der Waals surface area contributed by atoms with Crippen LogP contribution in [0.3, 0.4) is 0 Å². The van der Waals surface area contributed by atoms with Crippen molar-refractivity contribution >= 4 is 5.97 Å². The minimum Gasteiger partial charge on any atom is -0.481 e. The number of hydrogen-bond acceptors (Lipinski definition) is 2. The van der Waals surface area contributed by atoms with E-state index in [2.05, 4.69) is 42.8 Å². The molecule has 2 unspecified atom stereocenters. The van der Waals surface area contributed by atoms with Crippen molar-refractivity contribution in [1.82, 2.24) is 4.90 Å². The van der Waals surface area contributed by atoms with Gasteiger partial charge in [0.05, 0.1) is 6.42 Å². The maximum absolute atomic E-state index is 10.9. The summed E-state index contributed by atoms with van der Waals surface area (Å²) in [4.78, 5) is 13.5. The van der Waals surface area contributed by atoms with Crippen LogP contribution in [0.5, 0.6) is 0 Å². The summed E-state index contributed by atoms with van der Waals surface area (Å²) in [5, 5.41) is 8.94. The summed E-state index contributed by atoms with van der Waals surface area (Å²) < 4.78 is 0. The summed E-state index contributed by atoms with van der Waals surface area (Å²) in [6.45, 7) is 6.38. The van der Waals surface area contributed by atoms with Crippen LogP contribution < -0.4 is 0 Å². The zero-order valence-electron chi connectivity index (χ0n) is 20.5. The molecule has 34 heavy (non-hydrogen) atoms. The van der Waals surface area contributed by atoms with Crippen molar-refractivity contribution in [3.8, 4) is 11.8 Å². The lowest BCUT2D eigenvalue weighted by Crippen LogP contribution is -2.31. The summed E-state index contributed by atoms with van der Waals surface area (Å²) in [7, 11) is 2.33. The third-order valence-electron chi connectivity index (χ3n) is 7.27. The highest BCUT2D eigenvalue weighted by molar-refractivity contribution is 5.70. The van der Waals surface area contributed by atoms with Crippen LogP contribution in [0.4, 0.5) is 0 Å². The Labute approximate surface area is 206 Å². The van der Waals surface area contributed by atoms with Crippen molar-refractivity contribution in [2.45, 2.75) is 97.1 Å². The number of hydrogen-bond donors (Lipinski definition) is 1. The van der Waals surface area contributed by atoms with Crippen LogP contribution in [-0.2, 0) is 11.2 Å². The SMILES string of the molecule is C.CC.CC1CCC(N(C)C2CC2)c2c1cc(C#Cc1ccc(CC(=O)O)cc1)cc2C1CC1. The number of nitrogens with zero attached hydrogens (tertiary/aromatic N) is 1. The van der Waals surface area contributed by atoms with Crippen molar-refractivity contribution in [1.29, 1.82) is 0 Å². The van der Waals surface area contributed by atoms with Gasteiger partial charge in [-0.1, -0.05) is 52.2 Å². The minimum absolute atomic E-state index is 0. The molecule has 0 amide bonds. The van der Waals surface area contributed by atoms with E-state index in [0.717, 1.165) is 22.7 Å². The molecular weight excluding hydrogens is 418 g/mol. The number of fused-ring (bicyclic) bond motifs is 1. The van der Waals surface area contributed by atoms with Crippen molar-refractivity contribution in [2.75, 3.05) is 7.05 Å². The highest BCUT2D eigenvalue weighted by Crippen LogP contribution is 2.51. The van der Waals surface area contributed by atoms with E-state index in [1.807, 2.05) is 38.1 Å². The van der Waals surface area contributed by atoms with E-state index in [0.29, 0.717) is 17.9 Å². The molecule has 3 nitrogen and oxygen atoms in total. The molecular formula is C31H41NO2. The van der Waals surface area contributed by atoms with Gasteiger partial charge >= 0.3 is 5.97 Å². The number of aliphatic carboxylic acids is 1. The predicted octanol–water partition coefficient (Wildman–Crippen LogP) is 7.29. The lowest BCUT2D eigenvalue weighted by molar-refractivity contribution is -0.136. The Hall–Kier alpha value is -2.57. The fourth-order valence-electron chi connectivity index (χ4n) is 5.17. The second-order valence-corrected chi connectivity index (χ2v) is 9.75. The summed E-state index contributed by atoms with van der Waals surface area (Å²) in [6, 6.07) is 13.6. The quantitative estimate of drug-likeness (QED) is 0.477. The average Bonchev–Trinajstić information content (AvgIpc) is 3.72. The molecule has 0 aromatic heterocycles. The molecule has 3 heteroatoms. The molecule has 2 saturated carbocycles. The fraction of sp³-hybridized carbons (Fsp3) is 0.516. The Morgan fingerprint density at radius 1 is 0.941 bits per heavy atom. The topological polar surface area (TPSA) is 40.5 Å². The van der Waals surface area contributed by atoms with Crippen molar-refractivity contribution in [3.05, 3.63) is 69.8 Å². The van der Waals surface area contributed by atoms with E-state index < -0.39 is 5.97 Å². The summed E-state index contributed by atoms with van der Waals surface area (Å²) in [5.74, 6) is 7.22. The molecule has 0 bridgehead atoms. The van der Waals surface area contributed by atoms with Gasteiger partial charge < -0.3 is 5.11 Å². The number of rotatable bonds is 5. The Morgan fingerprint density at radius 3 is 2.15 bits per heavy atom. The zero-order chi connectivity index (χ0) is 23.5. The number of carboxylic acid groups (broad SMARTS) is 1. The molecule has 2 aromatic rings. The Morgan fingerprint density at radius 2 is 1.56 bits per heavy atom. The van der Waals surface area contributed by atoms with Gasteiger partial charge in [0.15, 0.2) is 0 Å². The van der Waals surface area contributed by atoms with Gasteiger partial charge in [-0.15, -0.1) is 0 Å². The van der Waals surface area contributed by atoms with E-state index in [-0.39, 0.29) is 13.8 Å². The Bertz CT molecular complexity index is 1030. The van der Waals surface area contributed by atoms with Gasteiger partial charge in [0.25, 0.3) is 0 Å². The highest BCUT2D eigenvalue weighted by Gasteiger charge is 2.39. The largest absolute Gasteiger partial charge is 0.481 e. The molecule has 0 heterocycles. The number of carbonyl (C=O) groups is 1. The molecule has 5 rings (SSSR count). The lowest BCUT2D eigenvalue weighted by Gasteiger charge is -2.38. The predicted molar refractivity (Wildman–Crippen MR) is 141 cm³/mol. The molecule has 182 valence electrons. The normalized spacial score (nSPS) is 20.7. The van der Waals surface area contributed by atoms with E-state index in [1.165, 1.54) is 44.1 Å². The van der Waals surface area contributed by atoms with E-state index in [9.17, 15) is 4.79 Å². The van der Waals surface area contributed by atoms with Crippen LogP contribution in [0.25, 0.3) is 0 Å². The van der Waals surface area contributed by atoms with Crippen LogP contribution in [0, 0.1) is 11.8 Å². The Kier molecular flexibility index (Phi) is 8.61. The third kappa shape index (κ3) is 5.91. The van der Waals surface area contributed by atoms with Crippen molar-refractivity contribution in [3.63, 3.8) is 0 Å². The molecule has 0 saturated heterocycles. The van der Waals surface area contributed by atoms with E-state index in [1.54, 1.807) is 11.1 Å². The van der Waals surface area contributed by atoms with Gasteiger partial charge in [-0.05, 0) is 104 Å². The molecule has 0 radical (unpaired) electrons. The molecule has 2 atom stereocenters. The molecule has 2 aromatic carbocycles. The second kappa shape index (κ2) is 11.2. The van der Waals surface area contributed by atoms with Gasteiger partial charge in [0.2, 0.25) is 0 Å². The van der Waals surface area contributed by atoms with Crippen LogP contribution >= 0.6 is 0 Å². The van der Waals surface area contributed by atoms with Crippen LogP contribution in [-0.4, -0.2) is 29.1 Å². The third-order valence-corrected chi connectivity index (χ3v) is 7.27. The van der Waals surface area contributed by atoms with Gasteiger partial charge in [-0.2, -0.15) is 0 Å². The smallest absolute Gasteiger partial charge is 0.307 e. The molecule has 1 N–H and O–H groups in total. The maximum atomic E-state index is 10.9.